The van der Waals surface area contributed by atoms with Gasteiger partial charge >= 0.3 is 0 Å². The summed E-state index contributed by atoms with van der Waals surface area (Å²) in [5, 5.41) is 3.18. The molecule has 1 unspecified atom stereocenters. The van der Waals surface area contributed by atoms with Gasteiger partial charge in [-0.1, -0.05) is 23.7 Å². The van der Waals surface area contributed by atoms with Gasteiger partial charge in [-0.15, -0.1) is 0 Å². The highest BCUT2D eigenvalue weighted by Crippen LogP contribution is 2.24. The zero-order valence-corrected chi connectivity index (χ0v) is 11.1. The first-order valence-corrected chi connectivity index (χ1v) is 6.21. The number of nitrogens with one attached hydrogen (secondary N) is 1. The molecule has 1 heterocycles. The van der Waals surface area contributed by atoms with Gasteiger partial charge in [-0.3, -0.25) is 4.98 Å². The van der Waals surface area contributed by atoms with Crippen LogP contribution in [0.4, 0.5) is 8.78 Å². The third-order valence-corrected chi connectivity index (χ3v) is 3.33. The van der Waals surface area contributed by atoms with Crippen LogP contribution < -0.4 is 5.32 Å². The van der Waals surface area contributed by atoms with Crippen molar-refractivity contribution < 1.29 is 8.78 Å². The number of likely N-dealkylation sites (N-methyl/N-ethyl adjacent to an activating group) is 1. The summed E-state index contributed by atoms with van der Waals surface area (Å²) in [6.45, 7) is 0. The molecule has 0 amide bonds. The smallest absolute Gasteiger partial charge is 0.142 e. The van der Waals surface area contributed by atoms with Crippen molar-refractivity contribution in [3.63, 3.8) is 0 Å². The standard InChI is InChI=1S/C14H13ClF2N2/c1-18-13(12-6-5-10(16)8-19-12)7-9-3-2-4-11(17)14(9)15/h2-6,8,13,18H,7H2,1H3. The summed E-state index contributed by atoms with van der Waals surface area (Å²) < 4.78 is 26.2. The fraction of sp³-hybridized carbons (Fsp3) is 0.214. The number of hydrogen-bond acceptors (Lipinski definition) is 2. The Labute approximate surface area is 115 Å². The van der Waals surface area contributed by atoms with Crippen LogP contribution in [0.1, 0.15) is 17.3 Å². The lowest BCUT2D eigenvalue weighted by Gasteiger charge is -2.16. The van der Waals surface area contributed by atoms with Gasteiger partial charge in [0.15, 0.2) is 0 Å². The van der Waals surface area contributed by atoms with Crippen molar-refractivity contribution in [2.75, 3.05) is 7.05 Å². The molecule has 0 spiro atoms. The lowest BCUT2D eigenvalue weighted by molar-refractivity contribution is 0.562. The molecule has 0 aliphatic heterocycles. The summed E-state index contributed by atoms with van der Waals surface area (Å²) in [4.78, 5) is 4.02. The van der Waals surface area contributed by atoms with E-state index < -0.39 is 5.82 Å². The fourth-order valence-corrected chi connectivity index (χ4v) is 2.08. The van der Waals surface area contributed by atoms with Crippen LogP contribution in [0.2, 0.25) is 5.02 Å². The number of nitrogens with zero attached hydrogens (tertiary/aromatic N) is 1. The van der Waals surface area contributed by atoms with Crippen LogP contribution >= 0.6 is 11.6 Å². The summed E-state index contributed by atoms with van der Waals surface area (Å²) in [6, 6.07) is 7.49. The van der Waals surface area contributed by atoms with Gasteiger partial charge in [0.2, 0.25) is 0 Å². The molecule has 0 fully saturated rings. The van der Waals surface area contributed by atoms with Gasteiger partial charge in [0, 0.05) is 0 Å². The second-order valence-corrected chi connectivity index (χ2v) is 4.54. The molecule has 2 aromatic rings. The van der Waals surface area contributed by atoms with Gasteiger partial charge in [-0.2, -0.15) is 0 Å². The van der Waals surface area contributed by atoms with E-state index >= 15 is 0 Å². The van der Waals surface area contributed by atoms with Crippen molar-refractivity contribution in [3.05, 3.63) is 64.4 Å². The summed E-state index contributed by atoms with van der Waals surface area (Å²) >= 11 is 5.92. The average Bonchev–Trinajstić information content (AvgIpc) is 2.42. The molecule has 100 valence electrons. The maximum Gasteiger partial charge on any atom is 0.142 e. The maximum atomic E-state index is 13.4. The topological polar surface area (TPSA) is 24.9 Å². The normalized spacial score (nSPS) is 12.4. The molecule has 0 saturated carbocycles. The van der Waals surface area contributed by atoms with Crippen molar-refractivity contribution >= 4 is 11.6 Å². The molecule has 5 heteroatoms. The van der Waals surface area contributed by atoms with Crippen molar-refractivity contribution in [2.45, 2.75) is 12.5 Å². The minimum absolute atomic E-state index is 0.116. The Morgan fingerprint density at radius 1 is 1.26 bits per heavy atom. The quantitative estimate of drug-likeness (QED) is 0.928. The third-order valence-electron chi connectivity index (χ3n) is 2.91. The molecule has 0 bridgehead atoms. The Morgan fingerprint density at radius 3 is 2.68 bits per heavy atom. The molecule has 0 aliphatic rings. The molecule has 0 radical (unpaired) electrons. The molecule has 0 aliphatic carbocycles. The van der Waals surface area contributed by atoms with E-state index in [2.05, 4.69) is 10.3 Å². The van der Waals surface area contributed by atoms with Gasteiger partial charge in [-0.05, 0) is 37.2 Å². The first-order chi connectivity index (χ1) is 9.11. The van der Waals surface area contributed by atoms with Crippen LogP contribution in [0.15, 0.2) is 36.5 Å². The van der Waals surface area contributed by atoms with Crippen molar-refractivity contribution in [1.82, 2.24) is 10.3 Å². The fourth-order valence-electron chi connectivity index (χ4n) is 1.87. The van der Waals surface area contributed by atoms with Gasteiger partial charge in [0.25, 0.3) is 0 Å². The summed E-state index contributed by atoms with van der Waals surface area (Å²) in [5.74, 6) is -0.830. The highest BCUT2D eigenvalue weighted by Gasteiger charge is 2.15. The highest BCUT2D eigenvalue weighted by atomic mass is 35.5. The summed E-state index contributed by atoms with van der Waals surface area (Å²) in [5.41, 5.74) is 1.37. The maximum absolute atomic E-state index is 13.4. The van der Waals surface area contributed by atoms with E-state index in [1.54, 1.807) is 25.2 Å². The molecular formula is C14H13ClF2N2. The lowest BCUT2D eigenvalue weighted by Crippen LogP contribution is -2.20. The van der Waals surface area contributed by atoms with Crippen LogP contribution in [0.3, 0.4) is 0 Å². The van der Waals surface area contributed by atoms with Crippen LogP contribution in [-0.4, -0.2) is 12.0 Å². The first kappa shape index (κ1) is 13.9. The average molecular weight is 283 g/mol. The molecule has 19 heavy (non-hydrogen) atoms. The number of pyridine rings is 1. The van der Waals surface area contributed by atoms with Crippen molar-refractivity contribution in [2.24, 2.45) is 0 Å². The van der Waals surface area contributed by atoms with E-state index in [1.165, 1.54) is 12.1 Å². The van der Waals surface area contributed by atoms with E-state index in [4.69, 9.17) is 11.6 Å². The molecule has 1 aromatic carbocycles. The Morgan fingerprint density at radius 2 is 2.05 bits per heavy atom. The second-order valence-electron chi connectivity index (χ2n) is 4.16. The SMILES string of the molecule is CNC(Cc1cccc(F)c1Cl)c1ccc(F)cn1. The number of benzene rings is 1. The zero-order chi connectivity index (χ0) is 13.8. The number of aromatic nitrogens is 1. The van der Waals surface area contributed by atoms with Gasteiger partial charge in [0.1, 0.15) is 11.6 Å². The van der Waals surface area contributed by atoms with Gasteiger partial charge < -0.3 is 5.32 Å². The lowest BCUT2D eigenvalue weighted by atomic mass is 10.0. The molecule has 1 atom stereocenters. The first-order valence-electron chi connectivity index (χ1n) is 5.83. The van der Waals surface area contributed by atoms with Gasteiger partial charge in [0.05, 0.1) is 23.0 Å². The summed E-state index contributed by atoms with van der Waals surface area (Å²) in [6.07, 6.45) is 1.64. The minimum atomic E-state index is -0.443. The van der Waals surface area contributed by atoms with E-state index in [-0.39, 0.29) is 16.9 Å². The van der Waals surface area contributed by atoms with Crippen LogP contribution in [0, 0.1) is 11.6 Å². The van der Waals surface area contributed by atoms with Crippen LogP contribution in [0.25, 0.3) is 0 Å². The number of rotatable bonds is 4. The van der Waals surface area contributed by atoms with Gasteiger partial charge in [-0.25, -0.2) is 8.78 Å². The van der Waals surface area contributed by atoms with E-state index in [0.717, 1.165) is 6.20 Å². The zero-order valence-electron chi connectivity index (χ0n) is 10.3. The number of hydrogen-bond donors (Lipinski definition) is 1. The Bertz CT molecular complexity index is 558. The molecular weight excluding hydrogens is 270 g/mol. The second kappa shape index (κ2) is 6.08. The van der Waals surface area contributed by atoms with E-state index in [1.807, 2.05) is 0 Å². The Kier molecular flexibility index (Phi) is 4.45. The van der Waals surface area contributed by atoms with E-state index in [0.29, 0.717) is 17.7 Å². The highest BCUT2D eigenvalue weighted by molar-refractivity contribution is 6.31. The third kappa shape index (κ3) is 3.28. The summed E-state index contributed by atoms with van der Waals surface area (Å²) in [7, 11) is 1.77. The molecule has 1 N–H and O–H groups in total. The Hall–Kier alpha value is -1.52. The van der Waals surface area contributed by atoms with Crippen LogP contribution in [-0.2, 0) is 6.42 Å². The minimum Gasteiger partial charge on any atom is -0.311 e. The predicted molar refractivity (Wildman–Crippen MR) is 71.1 cm³/mol. The molecule has 2 nitrogen and oxygen atoms in total. The predicted octanol–water partition coefficient (Wildman–Crippen LogP) is 3.52. The largest absolute Gasteiger partial charge is 0.311 e. The molecule has 0 saturated heterocycles. The van der Waals surface area contributed by atoms with Crippen LogP contribution in [0.5, 0.6) is 0 Å². The Balaban J connectivity index is 2.24. The van der Waals surface area contributed by atoms with E-state index in [9.17, 15) is 8.78 Å². The van der Waals surface area contributed by atoms with Crippen molar-refractivity contribution in [1.29, 1.82) is 0 Å². The van der Waals surface area contributed by atoms with Crippen molar-refractivity contribution in [3.8, 4) is 0 Å². The number of halogens is 3. The monoisotopic (exact) mass is 282 g/mol. The molecule has 1 aromatic heterocycles. The molecule has 2 rings (SSSR count).